The smallest absolute Gasteiger partial charge is 0.250 e. The van der Waals surface area contributed by atoms with Crippen LogP contribution in [0.5, 0.6) is 0 Å². The first-order chi connectivity index (χ1) is 10.7. The molecular formula is C18H31ClO2Si2. The monoisotopic (exact) mass is 370 g/mol. The van der Waals surface area contributed by atoms with Gasteiger partial charge >= 0.3 is 0 Å². The zero-order valence-corrected chi connectivity index (χ0v) is 18.1. The number of rotatable bonds is 8. The summed E-state index contributed by atoms with van der Waals surface area (Å²) in [5, 5.41) is 11.9. The predicted molar refractivity (Wildman–Crippen MR) is 107 cm³/mol. The molecule has 1 N–H and O–H groups in total. The molecule has 0 radical (unpaired) electrons. The second-order valence-corrected chi connectivity index (χ2v) is 17.3. The first-order valence-corrected chi connectivity index (χ1v) is 14.9. The highest BCUT2D eigenvalue weighted by Gasteiger charge is 2.34. The zero-order chi connectivity index (χ0) is 17.7. The summed E-state index contributed by atoms with van der Waals surface area (Å²) in [6.45, 7) is 13.5. The first kappa shape index (κ1) is 20.5. The van der Waals surface area contributed by atoms with Crippen LogP contribution in [0.25, 0.3) is 5.76 Å². The lowest BCUT2D eigenvalue weighted by Crippen LogP contribution is -2.37. The second-order valence-electron chi connectivity index (χ2n) is 7.07. The van der Waals surface area contributed by atoms with Crippen LogP contribution in [0.3, 0.4) is 0 Å². The lowest BCUT2D eigenvalue weighted by atomic mass is 10.2. The van der Waals surface area contributed by atoms with Crippen molar-refractivity contribution in [1.29, 1.82) is 0 Å². The number of benzene rings is 1. The summed E-state index contributed by atoms with van der Waals surface area (Å²) in [6, 6.07) is 11.1. The van der Waals surface area contributed by atoms with Gasteiger partial charge in [-0.3, -0.25) is 0 Å². The summed E-state index contributed by atoms with van der Waals surface area (Å²) in [5.74, 6) is 0.917. The highest BCUT2D eigenvalue weighted by Crippen LogP contribution is 2.34. The third-order valence-electron chi connectivity index (χ3n) is 4.70. The van der Waals surface area contributed by atoms with Gasteiger partial charge < -0.3 is 9.53 Å². The number of halogens is 1. The van der Waals surface area contributed by atoms with Gasteiger partial charge in [0, 0.05) is 10.6 Å². The normalized spacial score (nSPS) is 13.7. The van der Waals surface area contributed by atoms with Gasteiger partial charge in [0.1, 0.15) is 5.76 Å². The van der Waals surface area contributed by atoms with Gasteiger partial charge in [-0.2, -0.15) is 0 Å². The molecular weight excluding hydrogens is 340 g/mol. The molecule has 23 heavy (non-hydrogen) atoms. The van der Waals surface area contributed by atoms with E-state index in [4.69, 9.17) is 16.0 Å². The molecule has 1 aromatic rings. The van der Waals surface area contributed by atoms with Crippen LogP contribution in [0.1, 0.15) is 26.3 Å². The van der Waals surface area contributed by atoms with Crippen molar-refractivity contribution < 1.29 is 9.53 Å². The highest BCUT2D eigenvalue weighted by molar-refractivity contribution is 6.84. The molecule has 0 saturated carbocycles. The van der Waals surface area contributed by atoms with Crippen LogP contribution in [0.2, 0.25) is 42.8 Å². The van der Waals surface area contributed by atoms with Crippen LogP contribution in [0.15, 0.2) is 29.5 Å². The Labute approximate surface area is 148 Å². The second kappa shape index (κ2) is 8.51. The van der Waals surface area contributed by atoms with E-state index in [2.05, 4.69) is 40.4 Å². The molecule has 0 aliphatic carbocycles. The standard InChI is InChI=1S/C18H31ClO2Si2/c1-7-23(8-2,9-3)21-18(17(14-20)22(4,5)6)15-10-12-16(19)13-11-15/h10-13,20H,7-9,14H2,1-6H3/b18-17-. The molecule has 0 fully saturated rings. The molecule has 0 bridgehead atoms. The maximum absolute atomic E-state index is 10.0. The van der Waals surface area contributed by atoms with Gasteiger partial charge in [-0.05, 0) is 47.6 Å². The summed E-state index contributed by atoms with van der Waals surface area (Å²) in [4.78, 5) is 0. The molecule has 0 saturated heterocycles. The topological polar surface area (TPSA) is 29.5 Å². The minimum atomic E-state index is -1.81. The van der Waals surface area contributed by atoms with Crippen molar-refractivity contribution in [2.75, 3.05) is 6.61 Å². The summed E-state index contributed by atoms with van der Waals surface area (Å²) < 4.78 is 6.74. The number of hydrogen-bond donors (Lipinski definition) is 1. The van der Waals surface area contributed by atoms with Gasteiger partial charge in [0.05, 0.1) is 14.7 Å². The maximum Gasteiger partial charge on any atom is 0.250 e. The molecule has 1 rings (SSSR count). The Morgan fingerprint density at radius 3 is 1.83 bits per heavy atom. The largest absolute Gasteiger partial charge is 0.543 e. The fourth-order valence-corrected chi connectivity index (χ4v) is 6.91. The Bertz CT molecular complexity index is 521. The molecule has 0 spiro atoms. The fourth-order valence-electron chi connectivity index (χ4n) is 2.73. The van der Waals surface area contributed by atoms with Crippen molar-refractivity contribution >= 4 is 33.8 Å². The molecule has 2 nitrogen and oxygen atoms in total. The van der Waals surface area contributed by atoms with E-state index in [1.165, 1.54) is 0 Å². The highest BCUT2D eigenvalue weighted by atomic mass is 35.5. The Morgan fingerprint density at radius 1 is 1.00 bits per heavy atom. The van der Waals surface area contributed by atoms with Crippen molar-refractivity contribution in [3.05, 3.63) is 40.0 Å². The van der Waals surface area contributed by atoms with E-state index in [0.717, 1.165) is 39.7 Å². The molecule has 0 unspecified atom stereocenters. The molecule has 5 heteroatoms. The van der Waals surface area contributed by atoms with Gasteiger partial charge in [-0.1, -0.05) is 52.0 Å². The van der Waals surface area contributed by atoms with Gasteiger partial charge in [0.25, 0.3) is 0 Å². The van der Waals surface area contributed by atoms with Crippen molar-refractivity contribution in [2.45, 2.75) is 58.5 Å². The van der Waals surface area contributed by atoms with Gasteiger partial charge in [-0.15, -0.1) is 0 Å². The Kier molecular flexibility index (Phi) is 7.58. The summed E-state index contributed by atoms with van der Waals surface area (Å²) >= 11 is 6.05. The van der Waals surface area contributed by atoms with E-state index in [0.29, 0.717) is 0 Å². The summed E-state index contributed by atoms with van der Waals surface area (Å²) in [6.07, 6.45) is 0. The van der Waals surface area contributed by atoms with Crippen LogP contribution in [0.4, 0.5) is 0 Å². The van der Waals surface area contributed by atoms with Crippen molar-refractivity contribution in [1.82, 2.24) is 0 Å². The number of aliphatic hydroxyl groups is 1. The Balaban J connectivity index is 3.49. The average molecular weight is 371 g/mol. The molecule has 0 aliphatic heterocycles. The lowest BCUT2D eigenvalue weighted by Gasteiger charge is -2.34. The minimum absolute atomic E-state index is 0.0648. The van der Waals surface area contributed by atoms with Crippen LogP contribution in [0, 0.1) is 0 Å². The lowest BCUT2D eigenvalue weighted by molar-refractivity contribution is 0.334. The number of aliphatic hydroxyl groups excluding tert-OH is 1. The van der Waals surface area contributed by atoms with E-state index in [1.807, 2.05) is 24.3 Å². The SMILES string of the molecule is CC[Si](CC)(CC)O/C(=C(/CO)[Si](C)(C)C)c1ccc(Cl)cc1. The van der Waals surface area contributed by atoms with Crippen molar-refractivity contribution in [3.63, 3.8) is 0 Å². The van der Waals surface area contributed by atoms with Crippen molar-refractivity contribution in [3.8, 4) is 0 Å². The molecule has 0 aromatic heterocycles. The third-order valence-corrected chi connectivity index (χ3v) is 11.6. The Hall–Kier alpha value is -0.556. The maximum atomic E-state index is 10.0. The Morgan fingerprint density at radius 2 is 1.48 bits per heavy atom. The molecule has 0 aliphatic rings. The third kappa shape index (κ3) is 5.21. The van der Waals surface area contributed by atoms with Gasteiger partial charge in [-0.25, -0.2) is 0 Å². The molecule has 0 atom stereocenters. The summed E-state index contributed by atoms with van der Waals surface area (Å²) in [5.41, 5.74) is 1.04. The van der Waals surface area contributed by atoms with E-state index < -0.39 is 16.4 Å². The quantitative estimate of drug-likeness (QED) is 0.453. The molecule has 0 amide bonds. The zero-order valence-electron chi connectivity index (χ0n) is 15.4. The van der Waals surface area contributed by atoms with Crippen molar-refractivity contribution in [2.24, 2.45) is 0 Å². The van der Waals surface area contributed by atoms with Crippen LogP contribution in [-0.2, 0) is 4.43 Å². The average Bonchev–Trinajstić information content (AvgIpc) is 2.51. The molecule has 0 heterocycles. The van der Waals surface area contributed by atoms with E-state index in [9.17, 15) is 5.11 Å². The van der Waals surface area contributed by atoms with E-state index in [-0.39, 0.29) is 6.61 Å². The van der Waals surface area contributed by atoms with Gasteiger partial charge in [0.2, 0.25) is 8.32 Å². The van der Waals surface area contributed by atoms with Crippen LogP contribution in [-0.4, -0.2) is 28.1 Å². The summed E-state index contributed by atoms with van der Waals surface area (Å²) in [7, 11) is -3.50. The predicted octanol–water partition coefficient (Wildman–Crippen LogP) is 5.94. The van der Waals surface area contributed by atoms with E-state index >= 15 is 0 Å². The van der Waals surface area contributed by atoms with Crippen LogP contribution < -0.4 is 0 Å². The van der Waals surface area contributed by atoms with E-state index in [1.54, 1.807) is 0 Å². The molecule has 1 aromatic carbocycles. The minimum Gasteiger partial charge on any atom is -0.543 e. The fraction of sp³-hybridized carbons (Fsp3) is 0.556. The van der Waals surface area contributed by atoms with Gasteiger partial charge in [0.15, 0.2) is 0 Å². The first-order valence-electron chi connectivity index (χ1n) is 8.52. The van der Waals surface area contributed by atoms with Crippen LogP contribution >= 0.6 is 11.6 Å². The molecule has 130 valence electrons. The number of hydrogen-bond acceptors (Lipinski definition) is 2.